The summed E-state index contributed by atoms with van der Waals surface area (Å²) >= 11 is 0. The van der Waals surface area contributed by atoms with E-state index < -0.39 is 5.56 Å². The highest BCUT2D eigenvalue weighted by Crippen LogP contribution is 2.11. The maximum absolute atomic E-state index is 11.0. The molecule has 0 spiro atoms. The Bertz CT molecular complexity index is 341. The van der Waals surface area contributed by atoms with Gasteiger partial charge in [-0.2, -0.15) is 0 Å². The van der Waals surface area contributed by atoms with Crippen LogP contribution in [0.4, 0.5) is 0 Å². The molecule has 0 aromatic carbocycles. The third kappa shape index (κ3) is 1.47. The number of H-pyrrole nitrogens is 1. The molecule has 2 N–H and O–H groups in total. The highest BCUT2D eigenvalue weighted by atomic mass is 16.3. The summed E-state index contributed by atoms with van der Waals surface area (Å²) in [5.74, 6) is 0.478. The van der Waals surface area contributed by atoms with E-state index in [-0.39, 0.29) is 11.7 Å². The van der Waals surface area contributed by atoms with E-state index in [2.05, 4.69) is 9.97 Å². The minimum absolute atomic E-state index is 0.164. The van der Waals surface area contributed by atoms with Gasteiger partial charge in [-0.05, 0) is 6.92 Å². The van der Waals surface area contributed by atoms with E-state index in [1.54, 1.807) is 6.92 Å². The average molecular weight is 168 g/mol. The van der Waals surface area contributed by atoms with Crippen molar-refractivity contribution in [3.8, 4) is 5.75 Å². The fourth-order valence-electron chi connectivity index (χ4n) is 0.875. The molecule has 0 aliphatic carbocycles. The van der Waals surface area contributed by atoms with E-state index in [4.69, 9.17) is 5.11 Å². The summed E-state index contributed by atoms with van der Waals surface area (Å²) in [6.45, 7) is 5.46. The Kier molecular flexibility index (Phi) is 2.17. The lowest BCUT2D eigenvalue weighted by Gasteiger charge is -2.05. The molecule has 1 rings (SSSR count). The number of aromatic nitrogens is 2. The van der Waals surface area contributed by atoms with Crippen LogP contribution in [0.2, 0.25) is 0 Å². The van der Waals surface area contributed by atoms with Gasteiger partial charge in [0.1, 0.15) is 5.82 Å². The van der Waals surface area contributed by atoms with Crippen LogP contribution in [-0.2, 0) is 0 Å². The van der Waals surface area contributed by atoms with Crippen molar-refractivity contribution in [2.45, 2.75) is 26.7 Å². The van der Waals surface area contributed by atoms with E-state index in [1.807, 2.05) is 13.8 Å². The lowest BCUT2D eigenvalue weighted by atomic mass is 10.2. The molecule has 0 aliphatic heterocycles. The van der Waals surface area contributed by atoms with Crippen LogP contribution >= 0.6 is 0 Å². The molecule has 0 saturated carbocycles. The van der Waals surface area contributed by atoms with E-state index >= 15 is 0 Å². The van der Waals surface area contributed by atoms with Gasteiger partial charge < -0.3 is 10.1 Å². The van der Waals surface area contributed by atoms with E-state index in [9.17, 15) is 4.79 Å². The SMILES string of the molecule is Cc1nc(C(C)C)[nH]c(=O)c1O. The maximum Gasteiger partial charge on any atom is 0.293 e. The van der Waals surface area contributed by atoms with Gasteiger partial charge >= 0.3 is 0 Å². The monoisotopic (exact) mass is 168 g/mol. The minimum Gasteiger partial charge on any atom is -0.502 e. The molecule has 4 heteroatoms. The van der Waals surface area contributed by atoms with Crippen molar-refractivity contribution in [1.29, 1.82) is 0 Å². The van der Waals surface area contributed by atoms with Crippen molar-refractivity contribution in [2.24, 2.45) is 0 Å². The molecule has 0 radical (unpaired) electrons. The first-order valence-electron chi connectivity index (χ1n) is 3.82. The number of aromatic amines is 1. The molecule has 0 fully saturated rings. The molecule has 0 saturated heterocycles. The Balaban J connectivity index is 3.31. The van der Waals surface area contributed by atoms with Crippen LogP contribution < -0.4 is 5.56 Å². The molecule has 0 aliphatic rings. The van der Waals surface area contributed by atoms with Crippen LogP contribution in [0.5, 0.6) is 5.75 Å². The molecule has 1 aromatic rings. The number of hydrogen-bond donors (Lipinski definition) is 2. The van der Waals surface area contributed by atoms with Gasteiger partial charge in [-0.3, -0.25) is 4.79 Å². The average Bonchev–Trinajstić information content (AvgIpc) is 1.99. The van der Waals surface area contributed by atoms with Crippen LogP contribution in [0, 0.1) is 6.92 Å². The molecule has 66 valence electrons. The number of nitrogens with zero attached hydrogens (tertiary/aromatic N) is 1. The van der Waals surface area contributed by atoms with Crippen molar-refractivity contribution in [1.82, 2.24) is 9.97 Å². The standard InChI is InChI=1S/C8H12N2O2/c1-4(2)7-9-5(3)6(11)8(12)10-7/h4,11H,1-3H3,(H,9,10,12). The van der Waals surface area contributed by atoms with Gasteiger partial charge in [0, 0.05) is 5.92 Å². The Morgan fingerprint density at radius 2 is 2.08 bits per heavy atom. The third-order valence-electron chi connectivity index (χ3n) is 1.63. The van der Waals surface area contributed by atoms with Gasteiger partial charge in [-0.25, -0.2) is 4.98 Å². The summed E-state index contributed by atoms with van der Waals surface area (Å²) in [4.78, 5) is 17.5. The Morgan fingerprint density at radius 3 is 2.50 bits per heavy atom. The molecule has 0 unspecified atom stereocenters. The first-order chi connectivity index (χ1) is 5.52. The van der Waals surface area contributed by atoms with Gasteiger partial charge in [0.2, 0.25) is 5.75 Å². The second-order valence-corrected chi connectivity index (χ2v) is 3.04. The summed E-state index contributed by atoms with van der Waals surface area (Å²) in [5, 5.41) is 9.11. The quantitative estimate of drug-likeness (QED) is 0.655. The topological polar surface area (TPSA) is 66.0 Å². The zero-order valence-electron chi connectivity index (χ0n) is 7.38. The van der Waals surface area contributed by atoms with Crippen LogP contribution in [0.15, 0.2) is 4.79 Å². The van der Waals surface area contributed by atoms with Gasteiger partial charge in [0.05, 0.1) is 5.69 Å². The largest absolute Gasteiger partial charge is 0.502 e. The number of aryl methyl sites for hydroxylation is 1. The number of nitrogens with one attached hydrogen (secondary N) is 1. The van der Waals surface area contributed by atoms with Crippen LogP contribution in [0.1, 0.15) is 31.3 Å². The summed E-state index contributed by atoms with van der Waals surface area (Å²) in [5.41, 5.74) is -0.0892. The van der Waals surface area contributed by atoms with Crippen molar-refractivity contribution in [3.63, 3.8) is 0 Å². The van der Waals surface area contributed by atoms with Crippen molar-refractivity contribution < 1.29 is 5.11 Å². The second kappa shape index (κ2) is 2.97. The van der Waals surface area contributed by atoms with Crippen molar-refractivity contribution >= 4 is 0 Å². The highest BCUT2D eigenvalue weighted by molar-refractivity contribution is 5.21. The molecular formula is C8H12N2O2. The summed E-state index contributed by atoms with van der Waals surface area (Å²) in [6.07, 6.45) is 0. The van der Waals surface area contributed by atoms with Crippen molar-refractivity contribution in [3.05, 3.63) is 21.9 Å². The maximum atomic E-state index is 11.0. The molecule has 1 heterocycles. The predicted molar refractivity (Wildman–Crippen MR) is 45.3 cm³/mol. The molecule has 12 heavy (non-hydrogen) atoms. The Hall–Kier alpha value is -1.32. The second-order valence-electron chi connectivity index (χ2n) is 3.04. The third-order valence-corrected chi connectivity index (χ3v) is 1.63. The minimum atomic E-state index is -0.466. The van der Waals surface area contributed by atoms with Gasteiger partial charge in [-0.15, -0.1) is 0 Å². The first-order valence-corrected chi connectivity index (χ1v) is 3.82. The smallest absolute Gasteiger partial charge is 0.293 e. The van der Waals surface area contributed by atoms with Crippen LogP contribution in [-0.4, -0.2) is 15.1 Å². The summed E-state index contributed by atoms with van der Waals surface area (Å²) < 4.78 is 0. The predicted octanol–water partition coefficient (Wildman–Crippen LogP) is 0.907. The lowest BCUT2D eigenvalue weighted by Crippen LogP contribution is -2.13. The van der Waals surface area contributed by atoms with E-state index in [1.165, 1.54) is 0 Å². The lowest BCUT2D eigenvalue weighted by molar-refractivity contribution is 0.455. The van der Waals surface area contributed by atoms with Gasteiger partial charge in [-0.1, -0.05) is 13.8 Å². The highest BCUT2D eigenvalue weighted by Gasteiger charge is 2.07. The number of hydrogen-bond acceptors (Lipinski definition) is 3. The Morgan fingerprint density at radius 1 is 1.50 bits per heavy atom. The molecule has 0 bridgehead atoms. The van der Waals surface area contributed by atoms with Crippen molar-refractivity contribution in [2.75, 3.05) is 0 Å². The normalized spacial score (nSPS) is 10.7. The molecular weight excluding hydrogens is 156 g/mol. The van der Waals surface area contributed by atoms with Gasteiger partial charge in [0.25, 0.3) is 5.56 Å². The number of rotatable bonds is 1. The first kappa shape index (κ1) is 8.77. The summed E-state index contributed by atoms with van der Waals surface area (Å²) in [6, 6.07) is 0. The molecule has 1 aromatic heterocycles. The van der Waals surface area contributed by atoms with E-state index in [0.29, 0.717) is 11.5 Å². The molecule has 0 amide bonds. The van der Waals surface area contributed by atoms with Crippen LogP contribution in [0.3, 0.4) is 0 Å². The molecule has 0 atom stereocenters. The zero-order valence-corrected chi connectivity index (χ0v) is 7.38. The van der Waals surface area contributed by atoms with E-state index in [0.717, 1.165) is 0 Å². The number of aromatic hydroxyl groups is 1. The van der Waals surface area contributed by atoms with Crippen LogP contribution in [0.25, 0.3) is 0 Å². The zero-order chi connectivity index (χ0) is 9.30. The summed E-state index contributed by atoms with van der Waals surface area (Å²) in [7, 11) is 0. The molecule has 4 nitrogen and oxygen atoms in total. The Labute approximate surface area is 70.3 Å². The fourth-order valence-corrected chi connectivity index (χ4v) is 0.875. The van der Waals surface area contributed by atoms with Gasteiger partial charge in [0.15, 0.2) is 0 Å². The fraction of sp³-hybridized carbons (Fsp3) is 0.500.